The molecule has 1 aromatic heterocycles. The molecule has 6 heteroatoms. The number of carbonyl (C=O) groups excluding carboxylic acids is 2. The van der Waals surface area contributed by atoms with Gasteiger partial charge >= 0.3 is 0 Å². The van der Waals surface area contributed by atoms with Gasteiger partial charge in [-0.3, -0.25) is 9.59 Å². The molecule has 1 N–H and O–H groups in total. The summed E-state index contributed by atoms with van der Waals surface area (Å²) in [7, 11) is 0. The maximum atomic E-state index is 12.5. The van der Waals surface area contributed by atoms with Crippen molar-refractivity contribution in [2.75, 3.05) is 6.54 Å². The molecule has 128 valence electrons. The van der Waals surface area contributed by atoms with Crippen molar-refractivity contribution in [3.05, 3.63) is 59.0 Å². The molecule has 2 aromatic rings. The van der Waals surface area contributed by atoms with Crippen LogP contribution in [0.25, 0.3) is 0 Å². The molecule has 0 unspecified atom stereocenters. The topological polar surface area (TPSA) is 62.6 Å². The summed E-state index contributed by atoms with van der Waals surface area (Å²) < 4.78 is 5.01. The van der Waals surface area contributed by atoms with Crippen molar-refractivity contribution in [1.82, 2.24) is 10.2 Å². The van der Waals surface area contributed by atoms with Gasteiger partial charge in [-0.25, -0.2) is 0 Å². The molecule has 0 aliphatic rings. The van der Waals surface area contributed by atoms with E-state index in [1.807, 2.05) is 32.0 Å². The monoisotopic (exact) mass is 348 g/mol. The lowest BCUT2D eigenvalue weighted by atomic mass is 10.1. The minimum atomic E-state index is -0.321. The fourth-order valence-electron chi connectivity index (χ4n) is 2.31. The van der Waals surface area contributed by atoms with Crippen molar-refractivity contribution >= 4 is 23.4 Å². The van der Waals surface area contributed by atoms with Crippen LogP contribution in [0.4, 0.5) is 0 Å². The Kier molecular flexibility index (Phi) is 6.44. The van der Waals surface area contributed by atoms with Crippen molar-refractivity contribution in [2.24, 2.45) is 0 Å². The molecule has 0 aliphatic carbocycles. The molecule has 2 rings (SSSR count). The van der Waals surface area contributed by atoms with Gasteiger partial charge in [0.1, 0.15) is 0 Å². The van der Waals surface area contributed by atoms with Gasteiger partial charge in [0.25, 0.3) is 5.91 Å². The first kappa shape index (κ1) is 18.1. The lowest BCUT2D eigenvalue weighted by Gasteiger charge is -2.27. The van der Waals surface area contributed by atoms with Crippen LogP contribution >= 0.6 is 11.6 Å². The van der Waals surface area contributed by atoms with Gasteiger partial charge in [-0.15, -0.1) is 0 Å². The highest BCUT2D eigenvalue weighted by molar-refractivity contribution is 6.30. The van der Waals surface area contributed by atoms with Gasteiger partial charge in [-0.05, 0) is 43.7 Å². The van der Waals surface area contributed by atoms with Gasteiger partial charge in [0.2, 0.25) is 5.91 Å². The standard InChI is InChI=1S/C18H21ClN2O3/c1-13(2)21(12-14-5-3-6-15(19)11-14)17(22)8-9-20-18(23)16-7-4-10-24-16/h3-7,10-11,13H,8-9,12H2,1-2H3,(H,20,23). The Balaban J connectivity index is 1.88. The lowest BCUT2D eigenvalue weighted by Crippen LogP contribution is -2.38. The molecule has 1 aromatic carbocycles. The Labute approximate surface area is 146 Å². The Morgan fingerprint density at radius 2 is 2.04 bits per heavy atom. The van der Waals surface area contributed by atoms with E-state index < -0.39 is 0 Å². The molecule has 0 radical (unpaired) electrons. The van der Waals surface area contributed by atoms with Crippen molar-refractivity contribution in [2.45, 2.75) is 32.9 Å². The predicted octanol–water partition coefficient (Wildman–Crippen LogP) is 3.49. The lowest BCUT2D eigenvalue weighted by molar-refractivity contribution is -0.133. The smallest absolute Gasteiger partial charge is 0.286 e. The van der Waals surface area contributed by atoms with Crippen molar-refractivity contribution in [3.63, 3.8) is 0 Å². The molecule has 0 atom stereocenters. The van der Waals surface area contributed by atoms with E-state index in [4.69, 9.17) is 16.0 Å². The van der Waals surface area contributed by atoms with Crippen LogP contribution in [0.1, 0.15) is 36.4 Å². The number of carbonyl (C=O) groups is 2. The predicted molar refractivity (Wildman–Crippen MR) is 92.8 cm³/mol. The first-order chi connectivity index (χ1) is 11.5. The minimum Gasteiger partial charge on any atom is -0.459 e. The summed E-state index contributed by atoms with van der Waals surface area (Å²) in [6.07, 6.45) is 1.66. The number of hydrogen-bond acceptors (Lipinski definition) is 3. The SMILES string of the molecule is CC(C)N(Cc1cccc(Cl)c1)C(=O)CCNC(=O)c1ccco1. The second kappa shape index (κ2) is 8.55. The van der Waals surface area contributed by atoms with Gasteiger partial charge in [0.15, 0.2) is 5.76 Å². The second-order valence-electron chi connectivity index (χ2n) is 5.73. The third-order valence-corrected chi connectivity index (χ3v) is 3.79. The van der Waals surface area contributed by atoms with E-state index in [-0.39, 0.29) is 36.6 Å². The Bertz CT molecular complexity index is 683. The molecule has 24 heavy (non-hydrogen) atoms. The molecule has 0 bridgehead atoms. The fourth-order valence-corrected chi connectivity index (χ4v) is 2.53. The summed E-state index contributed by atoms with van der Waals surface area (Å²) in [5.74, 6) is -0.106. The second-order valence-corrected chi connectivity index (χ2v) is 6.16. The normalized spacial score (nSPS) is 10.7. The number of nitrogens with one attached hydrogen (secondary N) is 1. The number of hydrogen-bond donors (Lipinski definition) is 1. The number of benzene rings is 1. The summed E-state index contributed by atoms with van der Waals surface area (Å²) in [6, 6.07) is 10.7. The summed E-state index contributed by atoms with van der Waals surface area (Å²) in [5, 5.41) is 3.33. The van der Waals surface area contributed by atoms with Crippen LogP contribution in [0.15, 0.2) is 47.1 Å². The van der Waals surface area contributed by atoms with E-state index in [1.165, 1.54) is 6.26 Å². The highest BCUT2D eigenvalue weighted by Gasteiger charge is 2.18. The maximum Gasteiger partial charge on any atom is 0.286 e. The third-order valence-electron chi connectivity index (χ3n) is 3.56. The molecular formula is C18H21ClN2O3. The van der Waals surface area contributed by atoms with Crippen LogP contribution in [0.3, 0.4) is 0 Å². The maximum absolute atomic E-state index is 12.5. The Hall–Kier alpha value is -2.27. The third kappa shape index (κ3) is 5.13. The quantitative estimate of drug-likeness (QED) is 0.833. The number of nitrogens with zero attached hydrogens (tertiary/aromatic N) is 1. The number of furan rings is 1. The van der Waals surface area contributed by atoms with Crippen LogP contribution < -0.4 is 5.32 Å². The average molecular weight is 349 g/mol. The molecule has 2 amide bonds. The molecule has 5 nitrogen and oxygen atoms in total. The van der Waals surface area contributed by atoms with E-state index in [1.54, 1.807) is 23.1 Å². The van der Waals surface area contributed by atoms with Crippen molar-refractivity contribution in [3.8, 4) is 0 Å². The summed E-state index contributed by atoms with van der Waals surface area (Å²) in [6.45, 7) is 4.67. The van der Waals surface area contributed by atoms with Gasteiger partial charge in [0.05, 0.1) is 6.26 Å². The first-order valence-electron chi connectivity index (χ1n) is 7.83. The van der Waals surface area contributed by atoms with Crippen LogP contribution in [-0.4, -0.2) is 29.3 Å². The fraction of sp³-hybridized carbons (Fsp3) is 0.333. The van der Waals surface area contributed by atoms with Crippen LogP contribution in [0.2, 0.25) is 5.02 Å². The molecule has 0 fully saturated rings. The molecule has 1 heterocycles. The van der Waals surface area contributed by atoms with Crippen molar-refractivity contribution in [1.29, 1.82) is 0 Å². The van der Waals surface area contributed by atoms with Gasteiger partial charge in [0, 0.05) is 30.6 Å². The molecule has 0 spiro atoms. The van der Waals surface area contributed by atoms with Gasteiger partial charge in [-0.1, -0.05) is 23.7 Å². The van der Waals surface area contributed by atoms with Gasteiger partial charge in [-0.2, -0.15) is 0 Å². The van der Waals surface area contributed by atoms with Crippen molar-refractivity contribution < 1.29 is 14.0 Å². The van der Waals surface area contributed by atoms with Crippen LogP contribution in [0, 0.1) is 0 Å². The highest BCUT2D eigenvalue weighted by Crippen LogP contribution is 2.15. The summed E-state index contributed by atoms with van der Waals surface area (Å²) >= 11 is 5.99. The summed E-state index contributed by atoms with van der Waals surface area (Å²) in [4.78, 5) is 26.0. The highest BCUT2D eigenvalue weighted by atomic mass is 35.5. The Morgan fingerprint density at radius 1 is 1.25 bits per heavy atom. The van der Waals surface area contributed by atoms with E-state index >= 15 is 0 Å². The molecule has 0 aliphatic heterocycles. The first-order valence-corrected chi connectivity index (χ1v) is 8.21. The van der Waals surface area contributed by atoms with E-state index in [0.29, 0.717) is 11.6 Å². The van der Waals surface area contributed by atoms with Crippen LogP contribution in [-0.2, 0) is 11.3 Å². The largest absolute Gasteiger partial charge is 0.459 e. The van der Waals surface area contributed by atoms with E-state index in [2.05, 4.69) is 5.32 Å². The molecule has 0 saturated heterocycles. The Morgan fingerprint density at radius 3 is 2.67 bits per heavy atom. The summed E-state index contributed by atoms with van der Waals surface area (Å²) in [5.41, 5.74) is 0.976. The average Bonchev–Trinajstić information content (AvgIpc) is 3.06. The molecule has 0 saturated carbocycles. The number of rotatable bonds is 7. The minimum absolute atomic E-state index is 0.0234. The number of halogens is 1. The zero-order chi connectivity index (χ0) is 17.5. The zero-order valence-electron chi connectivity index (χ0n) is 13.8. The van der Waals surface area contributed by atoms with E-state index in [9.17, 15) is 9.59 Å². The van der Waals surface area contributed by atoms with Gasteiger partial charge < -0.3 is 14.6 Å². The molecular weight excluding hydrogens is 328 g/mol. The van der Waals surface area contributed by atoms with E-state index in [0.717, 1.165) is 5.56 Å². The number of amides is 2. The van der Waals surface area contributed by atoms with Crippen LogP contribution in [0.5, 0.6) is 0 Å². The zero-order valence-corrected chi connectivity index (χ0v) is 14.5.